The minimum absolute atomic E-state index is 0.0509. The molecule has 0 aliphatic carbocycles. The van der Waals surface area contributed by atoms with Crippen molar-refractivity contribution < 1.29 is 15.0 Å². The van der Waals surface area contributed by atoms with Crippen molar-refractivity contribution in [1.29, 1.82) is 0 Å². The molecule has 19 heavy (non-hydrogen) atoms. The van der Waals surface area contributed by atoms with Gasteiger partial charge in [0.15, 0.2) is 0 Å². The van der Waals surface area contributed by atoms with E-state index in [1.807, 2.05) is 20.8 Å². The van der Waals surface area contributed by atoms with E-state index in [2.05, 4.69) is 5.32 Å². The van der Waals surface area contributed by atoms with Crippen LogP contribution in [0.1, 0.15) is 40.2 Å². The summed E-state index contributed by atoms with van der Waals surface area (Å²) in [5, 5.41) is 22.5. The zero-order valence-corrected chi connectivity index (χ0v) is 12.0. The standard InChI is InChI=1S/C15H21NO3/c1-9(2)8-12(18)16-13-11(17)7-6-10(14(13)19)15(3,4)5/h6-8,17,19H,1-5H3,(H,16,18). The van der Waals surface area contributed by atoms with E-state index in [1.54, 1.807) is 19.9 Å². The van der Waals surface area contributed by atoms with Crippen molar-refractivity contribution in [3.63, 3.8) is 0 Å². The topological polar surface area (TPSA) is 69.6 Å². The van der Waals surface area contributed by atoms with Gasteiger partial charge >= 0.3 is 0 Å². The van der Waals surface area contributed by atoms with Crippen LogP contribution in [-0.2, 0) is 10.2 Å². The predicted molar refractivity (Wildman–Crippen MR) is 76.5 cm³/mol. The summed E-state index contributed by atoms with van der Waals surface area (Å²) in [6, 6.07) is 3.12. The van der Waals surface area contributed by atoms with Gasteiger partial charge in [-0.1, -0.05) is 32.4 Å². The molecule has 4 nitrogen and oxygen atoms in total. The first-order valence-corrected chi connectivity index (χ1v) is 6.14. The second-order valence-electron chi connectivity index (χ2n) is 5.82. The van der Waals surface area contributed by atoms with Gasteiger partial charge in [0.05, 0.1) is 0 Å². The minimum atomic E-state index is -0.378. The Balaban J connectivity index is 3.21. The molecule has 0 saturated carbocycles. The Morgan fingerprint density at radius 2 is 1.79 bits per heavy atom. The molecule has 0 bridgehead atoms. The third-order valence-electron chi connectivity index (χ3n) is 2.63. The largest absolute Gasteiger partial charge is 0.506 e. The van der Waals surface area contributed by atoms with E-state index < -0.39 is 0 Å². The second-order valence-corrected chi connectivity index (χ2v) is 5.82. The Morgan fingerprint density at radius 1 is 1.21 bits per heavy atom. The summed E-state index contributed by atoms with van der Waals surface area (Å²) in [6.45, 7) is 9.43. The summed E-state index contributed by atoms with van der Waals surface area (Å²) in [6.07, 6.45) is 1.41. The van der Waals surface area contributed by atoms with E-state index in [0.29, 0.717) is 5.56 Å². The van der Waals surface area contributed by atoms with Gasteiger partial charge in [0.2, 0.25) is 5.91 Å². The summed E-state index contributed by atoms with van der Waals surface area (Å²) >= 11 is 0. The average Bonchev–Trinajstić information content (AvgIpc) is 2.21. The van der Waals surface area contributed by atoms with Crippen molar-refractivity contribution in [3.05, 3.63) is 29.3 Å². The molecule has 3 N–H and O–H groups in total. The van der Waals surface area contributed by atoms with Crippen LogP contribution in [0.2, 0.25) is 0 Å². The zero-order valence-electron chi connectivity index (χ0n) is 12.0. The van der Waals surface area contributed by atoms with Gasteiger partial charge in [0, 0.05) is 11.6 Å². The molecule has 1 amide bonds. The van der Waals surface area contributed by atoms with Gasteiger partial charge in [-0.3, -0.25) is 4.79 Å². The molecule has 104 valence electrons. The monoisotopic (exact) mass is 263 g/mol. The molecule has 1 aromatic carbocycles. The third kappa shape index (κ3) is 3.74. The molecular formula is C15H21NO3. The Hall–Kier alpha value is -1.97. The third-order valence-corrected chi connectivity index (χ3v) is 2.63. The van der Waals surface area contributed by atoms with E-state index in [0.717, 1.165) is 5.57 Å². The van der Waals surface area contributed by atoms with Gasteiger partial charge in [-0.15, -0.1) is 0 Å². The van der Waals surface area contributed by atoms with Crippen LogP contribution in [0.3, 0.4) is 0 Å². The van der Waals surface area contributed by atoms with Gasteiger partial charge in [0.25, 0.3) is 0 Å². The van der Waals surface area contributed by atoms with Crippen molar-refractivity contribution in [3.8, 4) is 11.5 Å². The number of phenols is 2. The van der Waals surface area contributed by atoms with Crippen molar-refractivity contribution in [2.24, 2.45) is 0 Å². The number of phenolic OH excluding ortho intramolecular Hbond substituents is 2. The number of nitrogens with one attached hydrogen (secondary N) is 1. The van der Waals surface area contributed by atoms with Gasteiger partial charge in [-0.05, 0) is 25.3 Å². The van der Waals surface area contributed by atoms with Crippen molar-refractivity contribution in [1.82, 2.24) is 0 Å². The van der Waals surface area contributed by atoms with Crippen LogP contribution in [-0.4, -0.2) is 16.1 Å². The number of rotatable bonds is 2. The van der Waals surface area contributed by atoms with E-state index in [4.69, 9.17) is 0 Å². The summed E-state index contributed by atoms with van der Waals surface area (Å²) in [4.78, 5) is 11.7. The number of amides is 1. The fraction of sp³-hybridized carbons (Fsp3) is 0.400. The number of hydrogen-bond donors (Lipinski definition) is 3. The van der Waals surface area contributed by atoms with E-state index >= 15 is 0 Å². The first-order valence-electron chi connectivity index (χ1n) is 6.14. The number of allylic oxidation sites excluding steroid dienone is 1. The number of aromatic hydroxyl groups is 2. The zero-order chi connectivity index (χ0) is 14.8. The lowest BCUT2D eigenvalue weighted by Crippen LogP contribution is -2.14. The van der Waals surface area contributed by atoms with E-state index in [-0.39, 0.29) is 28.5 Å². The molecule has 1 rings (SSSR count). The maximum atomic E-state index is 11.7. The highest BCUT2D eigenvalue weighted by molar-refractivity contribution is 6.02. The molecule has 0 aromatic heterocycles. The Morgan fingerprint density at radius 3 is 2.26 bits per heavy atom. The normalized spacial score (nSPS) is 11.0. The predicted octanol–water partition coefficient (Wildman–Crippen LogP) is 3.30. The summed E-state index contributed by atoms with van der Waals surface area (Å²) in [5.41, 5.74) is 1.27. The van der Waals surface area contributed by atoms with Gasteiger partial charge < -0.3 is 15.5 Å². The average molecular weight is 263 g/mol. The maximum Gasteiger partial charge on any atom is 0.248 e. The highest BCUT2D eigenvalue weighted by atomic mass is 16.3. The molecule has 0 radical (unpaired) electrons. The van der Waals surface area contributed by atoms with Crippen LogP contribution in [0.25, 0.3) is 0 Å². The fourth-order valence-corrected chi connectivity index (χ4v) is 1.73. The van der Waals surface area contributed by atoms with Crippen LogP contribution in [0, 0.1) is 0 Å². The van der Waals surface area contributed by atoms with E-state index in [9.17, 15) is 15.0 Å². The van der Waals surface area contributed by atoms with Gasteiger partial charge in [-0.25, -0.2) is 0 Å². The van der Waals surface area contributed by atoms with Crippen LogP contribution in [0.4, 0.5) is 5.69 Å². The summed E-state index contributed by atoms with van der Waals surface area (Å²) < 4.78 is 0. The number of anilines is 1. The molecule has 0 unspecified atom stereocenters. The fourth-order valence-electron chi connectivity index (χ4n) is 1.73. The number of carbonyl (C=O) groups is 1. The molecule has 1 aromatic rings. The molecule has 0 aliphatic rings. The van der Waals surface area contributed by atoms with Gasteiger partial charge in [0.1, 0.15) is 17.2 Å². The Labute approximate surface area is 113 Å². The first kappa shape index (κ1) is 15.1. The molecule has 0 spiro atoms. The summed E-state index contributed by atoms with van der Waals surface area (Å²) in [7, 11) is 0. The number of hydrogen-bond acceptors (Lipinski definition) is 3. The van der Waals surface area contributed by atoms with Crippen molar-refractivity contribution in [2.45, 2.75) is 40.0 Å². The molecule has 0 atom stereocenters. The minimum Gasteiger partial charge on any atom is -0.506 e. The number of benzene rings is 1. The van der Waals surface area contributed by atoms with Crippen molar-refractivity contribution >= 4 is 11.6 Å². The SMILES string of the molecule is CC(C)=CC(=O)Nc1c(O)ccc(C(C)(C)C)c1O. The lowest BCUT2D eigenvalue weighted by atomic mass is 9.86. The molecule has 0 saturated heterocycles. The van der Waals surface area contributed by atoms with Crippen LogP contribution >= 0.6 is 0 Å². The lowest BCUT2D eigenvalue weighted by Gasteiger charge is -2.22. The maximum absolute atomic E-state index is 11.7. The second kappa shape index (κ2) is 5.34. The number of carbonyl (C=O) groups excluding carboxylic acids is 1. The quantitative estimate of drug-likeness (QED) is 0.566. The Kier molecular flexibility index (Phi) is 4.24. The molecule has 4 heteroatoms. The van der Waals surface area contributed by atoms with Crippen LogP contribution in [0.15, 0.2) is 23.8 Å². The highest BCUT2D eigenvalue weighted by Crippen LogP contribution is 2.41. The molecule has 0 heterocycles. The molecule has 0 aliphatic heterocycles. The highest BCUT2D eigenvalue weighted by Gasteiger charge is 2.22. The van der Waals surface area contributed by atoms with Crippen molar-refractivity contribution in [2.75, 3.05) is 5.32 Å². The van der Waals surface area contributed by atoms with E-state index in [1.165, 1.54) is 12.1 Å². The Bertz CT molecular complexity index is 521. The summed E-state index contributed by atoms with van der Waals surface area (Å²) in [5.74, 6) is -0.624. The lowest BCUT2D eigenvalue weighted by molar-refractivity contribution is -0.112. The van der Waals surface area contributed by atoms with Gasteiger partial charge in [-0.2, -0.15) is 0 Å². The smallest absolute Gasteiger partial charge is 0.248 e. The molecule has 0 fully saturated rings. The van der Waals surface area contributed by atoms with Crippen LogP contribution < -0.4 is 5.32 Å². The van der Waals surface area contributed by atoms with Crippen LogP contribution in [0.5, 0.6) is 11.5 Å². The molecular weight excluding hydrogens is 242 g/mol. The first-order chi connectivity index (χ1) is 8.62.